The molecule has 0 aromatic heterocycles. The lowest BCUT2D eigenvalue weighted by Crippen LogP contribution is -2.51. The van der Waals surface area contributed by atoms with E-state index in [-0.39, 0.29) is 23.5 Å². The van der Waals surface area contributed by atoms with Crippen LogP contribution < -0.4 is 4.90 Å². The molecule has 4 aliphatic rings. The molecule has 2 bridgehead atoms. The van der Waals surface area contributed by atoms with Gasteiger partial charge in [0.15, 0.2) is 6.10 Å². The third kappa shape index (κ3) is 4.56. The maximum atomic E-state index is 12.9. The summed E-state index contributed by atoms with van der Waals surface area (Å²) >= 11 is 0. The molecule has 6 nitrogen and oxygen atoms in total. The van der Waals surface area contributed by atoms with Crippen LogP contribution in [-0.2, 0) is 14.9 Å². The van der Waals surface area contributed by atoms with Gasteiger partial charge < -0.3 is 19.4 Å². The smallest absolute Gasteiger partial charge is 0.411 e. The topological polar surface area (TPSA) is 53.1 Å². The number of carbonyl (C=O) groups excluding carboxylic acids is 2. The average molecular weight is 478 g/mol. The van der Waals surface area contributed by atoms with Crippen molar-refractivity contribution in [2.24, 2.45) is 0 Å². The lowest BCUT2D eigenvalue weighted by molar-refractivity contribution is -0.116. The largest absolute Gasteiger partial charge is 0.433 e. The molecule has 35 heavy (non-hydrogen) atoms. The molecule has 0 radical (unpaired) electrons. The molecule has 3 saturated heterocycles. The Morgan fingerprint density at radius 2 is 1.60 bits per heavy atom. The molecule has 3 fully saturated rings. The van der Waals surface area contributed by atoms with Crippen molar-refractivity contribution in [3.63, 3.8) is 0 Å². The van der Waals surface area contributed by atoms with Crippen molar-refractivity contribution in [2.45, 2.75) is 102 Å². The fourth-order valence-electron chi connectivity index (χ4n) is 7.21. The number of likely N-dealkylation sites (tertiary alicyclic amines) is 1. The van der Waals surface area contributed by atoms with Crippen molar-refractivity contribution >= 4 is 17.7 Å². The molecule has 4 heterocycles. The number of amides is 2. The van der Waals surface area contributed by atoms with Crippen molar-refractivity contribution < 1.29 is 14.3 Å². The third-order valence-corrected chi connectivity index (χ3v) is 9.00. The van der Waals surface area contributed by atoms with Crippen LogP contribution in [0.25, 0.3) is 0 Å². The summed E-state index contributed by atoms with van der Waals surface area (Å²) in [5, 5.41) is 0. The third-order valence-electron chi connectivity index (χ3n) is 9.00. The van der Waals surface area contributed by atoms with E-state index in [0.717, 1.165) is 76.7 Å². The predicted octanol–water partition coefficient (Wildman–Crippen LogP) is 4.71. The molecule has 6 heteroatoms. The van der Waals surface area contributed by atoms with Crippen molar-refractivity contribution in [3.8, 4) is 11.8 Å². The van der Waals surface area contributed by atoms with Crippen LogP contribution >= 0.6 is 0 Å². The van der Waals surface area contributed by atoms with Gasteiger partial charge in [0, 0.05) is 42.7 Å². The first-order valence-corrected chi connectivity index (χ1v) is 13.4. The molecule has 5 rings (SSSR count). The fraction of sp³-hybridized carbons (Fsp3) is 0.655. The van der Waals surface area contributed by atoms with Crippen LogP contribution in [0.15, 0.2) is 24.3 Å². The van der Waals surface area contributed by atoms with Crippen LogP contribution in [0.1, 0.15) is 77.7 Å². The summed E-state index contributed by atoms with van der Waals surface area (Å²) in [5.41, 5.74) is 2.57. The Labute approximate surface area is 210 Å². The number of piperidine rings is 1. The van der Waals surface area contributed by atoms with Gasteiger partial charge in [-0.25, -0.2) is 4.79 Å². The summed E-state index contributed by atoms with van der Waals surface area (Å²) in [6.07, 6.45) is 8.20. The predicted molar refractivity (Wildman–Crippen MR) is 137 cm³/mol. The molecule has 3 atom stereocenters. The SMILES string of the molecule is CC#CC(C)OC(=O)N1C2CCC(N3CCC4(CC3)CN(C(C)=O)c3ccccc34)CCC1CC2. The van der Waals surface area contributed by atoms with Crippen molar-refractivity contribution in [3.05, 3.63) is 29.8 Å². The van der Waals surface area contributed by atoms with E-state index in [1.54, 1.807) is 13.8 Å². The molecule has 2 amide bonds. The normalized spacial score (nSPS) is 28.5. The minimum Gasteiger partial charge on any atom is -0.433 e. The minimum atomic E-state index is -0.356. The molecule has 188 valence electrons. The molecule has 3 unspecified atom stereocenters. The molecular weight excluding hydrogens is 438 g/mol. The van der Waals surface area contributed by atoms with Gasteiger partial charge in [0.2, 0.25) is 5.91 Å². The zero-order valence-corrected chi connectivity index (χ0v) is 21.5. The monoisotopic (exact) mass is 477 g/mol. The number of fused-ring (bicyclic) bond motifs is 4. The molecular formula is C29H39N3O3. The number of ether oxygens (including phenoxy) is 1. The molecule has 0 saturated carbocycles. The number of para-hydroxylation sites is 1. The van der Waals surface area contributed by atoms with Gasteiger partial charge in [0.1, 0.15) is 0 Å². The fourth-order valence-corrected chi connectivity index (χ4v) is 7.21. The zero-order chi connectivity index (χ0) is 24.6. The molecule has 1 aromatic rings. The first-order chi connectivity index (χ1) is 16.9. The van der Waals surface area contributed by atoms with E-state index in [0.29, 0.717) is 18.1 Å². The second-order valence-electron chi connectivity index (χ2n) is 11.0. The standard InChI is InChI=1S/C29H39N3O3/c1-4-7-21(2)35-28(34)32-24-12-10-23(11-13-25(32)15-14-24)30-18-16-29(17-19-30)20-31(22(3)33)27-9-6-5-8-26(27)29/h5-6,8-9,21,23-25H,10-20H2,1-3H3. The van der Waals surface area contributed by atoms with E-state index in [2.05, 4.69) is 34.9 Å². The number of hydrogen-bond acceptors (Lipinski definition) is 4. The van der Waals surface area contributed by atoms with Crippen LogP contribution in [0.5, 0.6) is 0 Å². The first kappa shape index (κ1) is 24.2. The van der Waals surface area contributed by atoms with Crippen molar-refractivity contribution in [1.82, 2.24) is 9.80 Å². The maximum Gasteiger partial charge on any atom is 0.411 e. The van der Waals surface area contributed by atoms with Crippen molar-refractivity contribution in [1.29, 1.82) is 0 Å². The lowest BCUT2D eigenvalue weighted by Gasteiger charge is -2.44. The Morgan fingerprint density at radius 1 is 1.00 bits per heavy atom. The van der Waals surface area contributed by atoms with E-state index >= 15 is 0 Å². The number of nitrogens with zero attached hydrogens (tertiary/aromatic N) is 3. The Kier molecular flexibility index (Phi) is 6.81. The second kappa shape index (κ2) is 9.85. The van der Waals surface area contributed by atoms with E-state index in [9.17, 15) is 9.59 Å². The number of carbonyl (C=O) groups is 2. The summed E-state index contributed by atoms with van der Waals surface area (Å²) in [6, 6.07) is 9.67. The second-order valence-corrected chi connectivity index (χ2v) is 11.0. The van der Waals surface area contributed by atoms with Crippen LogP contribution in [0.4, 0.5) is 10.5 Å². The number of rotatable bonds is 2. The van der Waals surface area contributed by atoms with Gasteiger partial charge in [-0.3, -0.25) is 4.79 Å². The molecule has 0 N–H and O–H groups in total. The molecule has 1 aromatic carbocycles. The van der Waals surface area contributed by atoms with E-state index in [1.165, 1.54) is 5.56 Å². The summed E-state index contributed by atoms with van der Waals surface area (Å²) in [4.78, 5) is 32.0. The zero-order valence-electron chi connectivity index (χ0n) is 21.5. The van der Waals surface area contributed by atoms with Gasteiger partial charge in [0.05, 0.1) is 0 Å². The van der Waals surface area contributed by atoms with Crippen LogP contribution in [0, 0.1) is 11.8 Å². The Balaban J connectivity index is 1.21. The highest BCUT2D eigenvalue weighted by Gasteiger charge is 2.47. The summed E-state index contributed by atoms with van der Waals surface area (Å²) in [6.45, 7) is 8.29. The van der Waals surface area contributed by atoms with Crippen LogP contribution in [0.3, 0.4) is 0 Å². The van der Waals surface area contributed by atoms with Crippen LogP contribution in [-0.4, -0.2) is 65.7 Å². The minimum absolute atomic E-state index is 0.0953. The Hall–Kier alpha value is -2.52. The Morgan fingerprint density at radius 3 is 2.20 bits per heavy atom. The first-order valence-electron chi connectivity index (χ1n) is 13.4. The number of hydrogen-bond donors (Lipinski definition) is 0. The van der Waals surface area contributed by atoms with E-state index in [4.69, 9.17) is 4.74 Å². The molecule has 0 aliphatic carbocycles. The highest BCUT2D eigenvalue weighted by Crippen LogP contribution is 2.47. The molecule has 1 spiro atoms. The van der Waals surface area contributed by atoms with Gasteiger partial charge in [-0.1, -0.05) is 24.1 Å². The van der Waals surface area contributed by atoms with E-state index in [1.807, 2.05) is 22.8 Å². The average Bonchev–Trinajstić information content (AvgIpc) is 3.41. The molecule has 4 aliphatic heterocycles. The maximum absolute atomic E-state index is 12.9. The summed E-state index contributed by atoms with van der Waals surface area (Å²) in [5.74, 6) is 5.92. The van der Waals surface area contributed by atoms with E-state index < -0.39 is 0 Å². The summed E-state index contributed by atoms with van der Waals surface area (Å²) < 4.78 is 5.63. The van der Waals surface area contributed by atoms with Gasteiger partial charge in [-0.05, 0) is 89.9 Å². The number of anilines is 1. The lowest BCUT2D eigenvalue weighted by atomic mass is 9.74. The van der Waals surface area contributed by atoms with Gasteiger partial charge >= 0.3 is 6.09 Å². The number of benzene rings is 1. The van der Waals surface area contributed by atoms with Gasteiger partial charge in [-0.15, -0.1) is 5.92 Å². The highest BCUT2D eigenvalue weighted by molar-refractivity contribution is 5.94. The van der Waals surface area contributed by atoms with Crippen molar-refractivity contribution in [2.75, 3.05) is 24.5 Å². The van der Waals surface area contributed by atoms with Gasteiger partial charge in [-0.2, -0.15) is 0 Å². The van der Waals surface area contributed by atoms with Crippen LogP contribution in [0.2, 0.25) is 0 Å². The highest BCUT2D eigenvalue weighted by atomic mass is 16.6. The summed E-state index contributed by atoms with van der Waals surface area (Å²) in [7, 11) is 0. The Bertz CT molecular complexity index is 1000. The quantitative estimate of drug-likeness (QED) is 0.579. The van der Waals surface area contributed by atoms with Gasteiger partial charge in [0.25, 0.3) is 0 Å².